The third-order valence-electron chi connectivity index (χ3n) is 10.1. The fourth-order valence-corrected chi connectivity index (χ4v) is 7.85. The molecule has 1 aliphatic heterocycles. The first-order valence-electron chi connectivity index (χ1n) is 15.4. The van der Waals surface area contributed by atoms with Crippen molar-refractivity contribution < 1.29 is 49.3 Å². The number of likely N-dealkylation sites (N-methyl/N-ethyl adjacent to an activating group) is 1. The molecule has 4 atom stereocenters. The zero-order valence-corrected chi connectivity index (χ0v) is 27.3. The lowest BCUT2D eigenvalue weighted by atomic mass is 9.58. The average molecular weight is 660 g/mol. The number of Topliss-reactive ketones (excluding diaryl/α,β-unsaturated/α-hetero) is 2. The number of anilines is 2. The Bertz CT molecular complexity index is 1900. The Morgan fingerprint density at radius 1 is 1.08 bits per heavy atom. The predicted molar refractivity (Wildman–Crippen MR) is 174 cm³/mol. The minimum absolute atomic E-state index is 0.0530. The molecule has 0 unspecified atom stereocenters. The van der Waals surface area contributed by atoms with Crippen LogP contribution < -0.4 is 21.4 Å². The van der Waals surface area contributed by atoms with Crippen LogP contribution in [0.1, 0.15) is 52.1 Å². The van der Waals surface area contributed by atoms with E-state index >= 15 is 0 Å². The third-order valence-corrected chi connectivity index (χ3v) is 10.1. The quantitative estimate of drug-likeness (QED) is 0.132. The first-order valence-corrected chi connectivity index (χ1v) is 15.4. The maximum Gasteiger partial charge on any atom is 0.492 e. The number of carbonyl (C=O) groups is 4. The summed E-state index contributed by atoms with van der Waals surface area (Å²) in [4.78, 5) is 56.7. The summed E-state index contributed by atoms with van der Waals surface area (Å²) in [6.07, 6.45) is 0.0327. The van der Waals surface area contributed by atoms with Crippen molar-refractivity contribution in [2.75, 3.05) is 38.4 Å². The first kappa shape index (κ1) is 33.2. The molecule has 0 bridgehead atoms. The minimum atomic E-state index is -2.77. The van der Waals surface area contributed by atoms with Gasteiger partial charge in [-0.05, 0) is 81.5 Å². The van der Waals surface area contributed by atoms with Crippen LogP contribution >= 0.6 is 0 Å². The molecule has 48 heavy (non-hydrogen) atoms. The highest BCUT2D eigenvalue weighted by atomic mass is 16.5. The standard InChI is InChI=1S/C33H37BN4O10/c1-32(2)16-8-7-13(11-18(16)34(47)48-32)31(45)36-19-12-20(37(3)4)15-9-14-10-17-24(38(5)6)27(41)23(30(35)44)29(43)33(17,46)28(42)21(14)26(40)22(15)25(19)39/h7-8,11-12,14,17,24,39,41-42,46-47H,9-10H2,1-6H3,(H2,35,44)(H,36,45)/t14-,17+,24+,33+/m1/s1. The van der Waals surface area contributed by atoms with E-state index in [1.165, 1.54) is 17.0 Å². The number of aliphatic hydroxyl groups is 3. The van der Waals surface area contributed by atoms with Gasteiger partial charge in [0.15, 0.2) is 17.1 Å². The molecule has 4 aliphatic rings. The molecule has 0 aromatic heterocycles. The van der Waals surface area contributed by atoms with Gasteiger partial charge in [-0.25, -0.2) is 0 Å². The van der Waals surface area contributed by atoms with Crippen LogP contribution in [0.4, 0.5) is 11.4 Å². The Labute approximate surface area is 276 Å². The number of amides is 2. The second-order valence-electron chi connectivity index (χ2n) is 13.7. The molecular weight excluding hydrogens is 623 g/mol. The number of fused-ring (bicyclic) bond motifs is 4. The number of allylic oxidation sites excluding steroid dienone is 1. The van der Waals surface area contributed by atoms with Gasteiger partial charge in [0.1, 0.15) is 17.1 Å². The number of aliphatic hydroxyl groups excluding tert-OH is 2. The average Bonchev–Trinajstić information content (AvgIpc) is 3.22. The molecule has 2 aromatic rings. The van der Waals surface area contributed by atoms with E-state index in [1.807, 2.05) is 0 Å². The van der Waals surface area contributed by atoms with Crippen molar-refractivity contribution in [3.63, 3.8) is 0 Å². The summed E-state index contributed by atoms with van der Waals surface area (Å²) < 4.78 is 5.58. The van der Waals surface area contributed by atoms with Gasteiger partial charge in [-0.3, -0.25) is 24.1 Å². The lowest BCUT2D eigenvalue weighted by Gasteiger charge is -2.50. The largest absolute Gasteiger partial charge is 0.510 e. The van der Waals surface area contributed by atoms with Crippen LogP contribution in [0.2, 0.25) is 0 Å². The number of carbonyl (C=O) groups excluding carboxylic acids is 4. The molecule has 0 radical (unpaired) electrons. The number of phenols is 1. The number of hydrogen-bond acceptors (Lipinski definition) is 12. The Morgan fingerprint density at radius 2 is 1.75 bits per heavy atom. The van der Waals surface area contributed by atoms with E-state index < -0.39 is 82.4 Å². The number of aromatic hydroxyl groups is 1. The molecule has 3 aliphatic carbocycles. The smallest absolute Gasteiger partial charge is 0.492 e. The van der Waals surface area contributed by atoms with Crippen molar-refractivity contribution in [2.45, 2.75) is 43.9 Å². The highest BCUT2D eigenvalue weighted by Crippen LogP contribution is 2.54. The molecule has 0 spiro atoms. The maximum atomic E-state index is 14.3. The van der Waals surface area contributed by atoms with Crippen LogP contribution in [0.25, 0.3) is 0 Å². The monoisotopic (exact) mass is 660 g/mol. The van der Waals surface area contributed by atoms with E-state index in [1.54, 1.807) is 59.1 Å². The number of rotatable bonds is 5. The summed E-state index contributed by atoms with van der Waals surface area (Å²) in [5, 5.41) is 59.0. The van der Waals surface area contributed by atoms with E-state index in [9.17, 15) is 44.6 Å². The highest BCUT2D eigenvalue weighted by Gasteiger charge is 2.63. The number of benzene rings is 2. The lowest BCUT2D eigenvalue weighted by Crippen LogP contribution is -2.63. The van der Waals surface area contributed by atoms with Crippen LogP contribution in [0, 0.1) is 11.8 Å². The van der Waals surface area contributed by atoms with Crippen molar-refractivity contribution in [1.29, 1.82) is 0 Å². The lowest BCUT2D eigenvalue weighted by molar-refractivity contribution is -0.148. The highest BCUT2D eigenvalue weighted by molar-refractivity contribution is 6.62. The topological polar surface area (TPSA) is 223 Å². The normalized spacial score (nSPS) is 25.9. The summed E-state index contributed by atoms with van der Waals surface area (Å²) in [6, 6.07) is 5.12. The van der Waals surface area contributed by atoms with Crippen molar-refractivity contribution in [3.05, 3.63) is 69.2 Å². The van der Waals surface area contributed by atoms with Gasteiger partial charge in [-0.2, -0.15) is 0 Å². The molecule has 0 saturated heterocycles. The second-order valence-corrected chi connectivity index (χ2v) is 13.7. The zero-order valence-electron chi connectivity index (χ0n) is 27.3. The Kier molecular flexibility index (Phi) is 7.56. The zero-order chi connectivity index (χ0) is 35.4. The van der Waals surface area contributed by atoms with Gasteiger partial charge in [-0.1, -0.05) is 6.07 Å². The number of phenolic OH excluding ortho intramolecular Hbond substituents is 1. The third kappa shape index (κ3) is 4.56. The maximum absolute atomic E-state index is 14.3. The van der Waals surface area contributed by atoms with Crippen molar-refractivity contribution >= 4 is 47.3 Å². The van der Waals surface area contributed by atoms with Crippen molar-refractivity contribution in [2.24, 2.45) is 17.6 Å². The number of nitrogens with zero attached hydrogens (tertiary/aromatic N) is 2. The van der Waals surface area contributed by atoms with Crippen LogP contribution in [-0.2, 0) is 26.3 Å². The molecule has 15 heteroatoms. The number of nitrogens with one attached hydrogen (secondary N) is 1. The van der Waals surface area contributed by atoms with Gasteiger partial charge < -0.3 is 46.1 Å². The van der Waals surface area contributed by atoms with E-state index in [2.05, 4.69) is 5.32 Å². The first-order chi connectivity index (χ1) is 22.3. The molecule has 252 valence electrons. The molecule has 6 rings (SSSR count). The molecule has 2 amide bonds. The van der Waals surface area contributed by atoms with E-state index in [0.29, 0.717) is 22.3 Å². The van der Waals surface area contributed by atoms with Crippen LogP contribution in [0.5, 0.6) is 5.75 Å². The summed E-state index contributed by atoms with van der Waals surface area (Å²) in [5.74, 6) is -8.29. The fourth-order valence-electron chi connectivity index (χ4n) is 7.85. The molecule has 0 fully saturated rings. The number of ketones is 2. The Balaban J connectivity index is 1.45. The van der Waals surface area contributed by atoms with Crippen LogP contribution in [0.3, 0.4) is 0 Å². The molecule has 1 heterocycles. The Hall–Kier alpha value is -4.70. The fraction of sp³-hybridized carbons (Fsp3) is 0.394. The molecule has 8 N–H and O–H groups in total. The summed E-state index contributed by atoms with van der Waals surface area (Å²) >= 11 is 0. The second kappa shape index (κ2) is 10.9. The summed E-state index contributed by atoms with van der Waals surface area (Å²) in [5.41, 5.74) is 2.49. The van der Waals surface area contributed by atoms with Crippen molar-refractivity contribution in [1.82, 2.24) is 4.90 Å². The molecule has 0 saturated carbocycles. The van der Waals surface area contributed by atoms with Gasteiger partial charge >= 0.3 is 7.12 Å². The number of hydrogen-bond donors (Lipinski definition) is 7. The van der Waals surface area contributed by atoms with Crippen LogP contribution in [-0.4, -0.2) is 101 Å². The minimum Gasteiger partial charge on any atom is -0.510 e. The summed E-state index contributed by atoms with van der Waals surface area (Å²) in [6.45, 7) is 3.58. The van der Waals surface area contributed by atoms with Crippen molar-refractivity contribution in [3.8, 4) is 5.75 Å². The van der Waals surface area contributed by atoms with Crippen LogP contribution in [0.15, 0.2) is 46.9 Å². The Morgan fingerprint density at radius 3 is 2.35 bits per heavy atom. The van der Waals surface area contributed by atoms with Gasteiger partial charge in [0, 0.05) is 36.8 Å². The molecule has 14 nitrogen and oxygen atoms in total. The predicted octanol–water partition coefficient (Wildman–Crippen LogP) is 0.392. The molecule has 2 aromatic carbocycles. The molecular formula is C33H37BN4O10. The van der Waals surface area contributed by atoms with E-state index in [0.717, 1.165) is 0 Å². The number of nitrogens with two attached hydrogens (primary N) is 1. The summed E-state index contributed by atoms with van der Waals surface area (Å²) in [7, 11) is 5.31. The van der Waals surface area contributed by atoms with Gasteiger partial charge in [-0.15, -0.1) is 0 Å². The van der Waals surface area contributed by atoms with Gasteiger partial charge in [0.05, 0.1) is 22.9 Å². The van der Waals surface area contributed by atoms with Gasteiger partial charge in [0.2, 0.25) is 5.78 Å². The number of primary amides is 1. The van der Waals surface area contributed by atoms with E-state index in [-0.39, 0.29) is 35.2 Å². The SMILES string of the molecule is CN(C)c1cc(NC(=O)c2ccc3c(c2)B(O)OC3(C)C)c(O)c2c1C[C@@H]1C[C@H]3[C@H](N(C)C)C(O)=C(C(N)=O)C(=O)[C@@]3(O)C(O)=C1C2=O. The van der Waals surface area contributed by atoms with E-state index in [4.69, 9.17) is 10.4 Å². The van der Waals surface area contributed by atoms with Gasteiger partial charge in [0.25, 0.3) is 11.8 Å².